The van der Waals surface area contributed by atoms with Crippen LogP contribution in [0.3, 0.4) is 0 Å². The minimum Gasteiger partial charge on any atom is -0.453 e. The molecule has 5 rings (SSSR count). The Morgan fingerprint density at radius 3 is 2.39 bits per heavy atom. The molecule has 11 heteroatoms. The molecule has 2 N–H and O–H groups in total. The highest BCUT2D eigenvalue weighted by atomic mass is 32.2. The summed E-state index contributed by atoms with van der Waals surface area (Å²) in [6.45, 7) is 1.67. The topological polar surface area (TPSA) is 88.1 Å². The summed E-state index contributed by atoms with van der Waals surface area (Å²) in [4.78, 5) is 1.56. The van der Waals surface area contributed by atoms with Crippen LogP contribution in [0.1, 0.15) is 11.1 Å². The number of halogens is 3. The first-order valence-corrected chi connectivity index (χ1v) is 12.6. The van der Waals surface area contributed by atoms with Gasteiger partial charge in [0, 0.05) is 0 Å². The van der Waals surface area contributed by atoms with E-state index in [0.717, 1.165) is 17.7 Å². The van der Waals surface area contributed by atoms with Crippen LogP contribution in [0.4, 0.5) is 24.5 Å². The number of aryl methyl sites for hydroxylation is 1. The standard InChI is InChI=1S/C25H23F3N2O5S/c1-15-6-9-17(10-7-15)36(32,33)29-18-13-34-14-21(24(18)31)30-19-4-2-3-5-22(19)35-23-11-8-16(12-20(23)30)25(26,27)28/h2-12,18,21,24,29,31H,13-14H2,1H3/t18-,21+,24+/m1/s1. The number of rotatable bonds is 4. The summed E-state index contributed by atoms with van der Waals surface area (Å²) in [7, 11) is -3.99. The van der Waals surface area contributed by atoms with Crippen LogP contribution in [0.5, 0.6) is 11.5 Å². The Kier molecular flexibility index (Phi) is 6.19. The lowest BCUT2D eigenvalue weighted by atomic mass is 9.98. The molecule has 3 aromatic rings. The maximum Gasteiger partial charge on any atom is 0.416 e. The van der Waals surface area contributed by atoms with E-state index in [2.05, 4.69) is 4.72 Å². The van der Waals surface area contributed by atoms with E-state index >= 15 is 0 Å². The summed E-state index contributed by atoms with van der Waals surface area (Å²) in [5.74, 6) is 0.565. The summed E-state index contributed by atoms with van der Waals surface area (Å²) in [5.41, 5.74) is 0.534. The van der Waals surface area contributed by atoms with E-state index < -0.39 is 40.0 Å². The Morgan fingerprint density at radius 2 is 1.67 bits per heavy atom. The molecule has 2 aliphatic rings. The smallest absolute Gasteiger partial charge is 0.416 e. The van der Waals surface area contributed by atoms with Crippen LogP contribution in [0.2, 0.25) is 0 Å². The van der Waals surface area contributed by atoms with Crippen LogP contribution in [0.25, 0.3) is 0 Å². The molecule has 190 valence electrons. The normalized spacial score (nSPS) is 21.9. The van der Waals surface area contributed by atoms with Gasteiger partial charge in [0.1, 0.15) is 0 Å². The highest BCUT2D eigenvalue weighted by Gasteiger charge is 2.43. The fraction of sp³-hybridized carbons (Fsp3) is 0.280. The molecule has 0 radical (unpaired) electrons. The lowest BCUT2D eigenvalue weighted by Gasteiger charge is -2.44. The molecule has 36 heavy (non-hydrogen) atoms. The number of para-hydroxylation sites is 2. The van der Waals surface area contributed by atoms with Crippen molar-refractivity contribution >= 4 is 21.4 Å². The molecule has 1 saturated heterocycles. The molecule has 0 bridgehead atoms. The summed E-state index contributed by atoms with van der Waals surface area (Å²) >= 11 is 0. The molecule has 0 aliphatic carbocycles. The zero-order valence-electron chi connectivity index (χ0n) is 19.1. The van der Waals surface area contributed by atoms with Crippen LogP contribution in [0.15, 0.2) is 71.6 Å². The maximum atomic E-state index is 13.5. The average molecular weight is 521 g/mol. The number of hydrogen-bond acceptors (Lipinski definition) is 6. The number of anilines is 2. The first-order valence-electron chi connectivity index (χ1n) is 11.2. The fourth-order valence-electron chi connectivity index (χ4n) is 4.41. The van der Waals surface area contributed by atoms with Crippen molar-refractivity contribution in [2.45, 2.75) is 36.2 Å². The number of sulfonamides is 1. The predicted molar refractivity (Wildman–Crippen MR) is 126 cm³/mol. The monoisotopic (exact) mass is 520 g/mol. The van der Waals surface area contributed by atoms with E-state index in [1.54, 1.807) is 36.4 Å². The number of nitrogens with one attached hydrogen (secondary N) is 1. The van der Waals surface area contributed by atoms with Crippen LogP contribution >= 0.6 is 0 Å². The largest absolute Gasteiger partial charge is 0.453 e. The zero-order chi connectivity index (χ0) is 25.7. The summed E-state index contributed by atoms with van der Waals surface area (Å²) in [5, 5.41) is 11.3. The second-order valence-electron chi connectivity index (χ2n) is 8.76. The van der Waals surface area contributed by atoms with Gasteiger partial charge in [0.15, 0.2) is 11.5 Å². The number of alkyl halides is 3. The Bertz CT molecular complexity index is 1380. The van der Waals surface area contributed by atoms with Crippen LogP contribution < -0.4 is 14.4 Å². The van der Waals surface area contributed by atoms with Gasteiger partial charge in [-0.2, -0.15) is 13.2 Å². The summed E-state index contributed by atoms with van der Waals surface area (Å²) < 4.78 is 80.5. The van der Waals surface area contributed by atoms with Crippen molar-refractivity contribution in [1.29, 1.82) is 0 Å². The average Bonchev–Trinajstić information content (AvgIpc) is 2.83. The van der Waals surface area contributed by atoms with Crippen LogP contribution in [0, 0.1) is 6.92 Å². The highest BCUT2D eigenvalue weighted by Crippen LogP contribution is 2.50. The van der Waals surface area contributed by atoms with Gasteiger partial charge in [0.2, 0.25) is 10.0 Å². The van der Waals surface area contributed by atoms with Crippen molar-refractivity contribution in [3.8, 4) is 11.5 Å². The third kappa shape index (κ3) is 4.55. The van der Waals surface area contributed by atoms with Crippen LogP contribution in [-0.4, -0.2) is 44.9 Å². The molecular weight excluding hydrogens is 497 g/mol. The Morgan fingerprint density at radius 1 is 0.972 bits per heavy atom. The third-order valence-electron chi connectivity index (χ3n) is 6.25. The fourth-order valence-corrected chi connectivity index (χ4v) is 5.65. The van der Waals surface area contributed by atoms with Gasteiger partial charge < -0.3 is 19.5 Å². The Balaban J connectivity index is 1.51. The summed E-state index contributed by atoms with van der Waals surface area (Å²) in [6.07, 6.45) is -5.90. The van der Waals surface area contributed by atoms with Crippen LogP contribution in [-0.2, 0) is 20.9 Å². The quantitative estimate of drug-likeness (QED) is 0.532. The van der Waals surface area contributed by atoms with Gasteiger partial charge >= 0.3 is 6.18 Å². The van der Waals surface area contributed by atoms with Gasteiger partial charge in [-0.1, -0.05) is 29.8 Å². The molecule has 2 aliphatic heterocycles. The number of aliphatic hydroxyl groups is 1. The molecule has 3 aromatic carbocycles. The maximum absolute atomic E-state index is 13.5. The van der Waals surface area contributed by atoms with E-state index in [1.165, 1.54) is 23.1 Å². The van der Waals surface area contributed by atoms with E-state index in [1.807, 2.05) is 6.92 Å². The molecule has 7 nitrogen and oxygen atoms in total. The third-order valence-corrected chi connectivity index (χ3v) is 7.76. The number of aliphatic hydroxyl groups excluding tert-OH is 1. The van der Waals surface area contributed by atoms with Gasteiger partial charge in [0.05, 0.1) is 53.2 Å². The minimum absolute atomic E-state index is 0.0271. The predicted octanol–water partition coefficient (Wildman–Crippen LogP) is 4.36. The minimum atomic E-state index is -4.59. The second kappa shape index (κ2) is 9.07. The van der Waals surface area contributed by atoms with Crippen molar-refractivity contribution in [2.24, 2.45) is 0 Å². The Labute approximate surface area is 206 Å². The lowest BCUT2D eigenvalue weighted by molar-refractivity contribution is -0.137. The molecule has 0 amide bonds. The van der Waals surface area contributed by atoms with Crippen molar-refractivity contribution < 1.29 is 36.2 Å². The second-order valence-corrected chi connectivity index (χ2v) is 10.5. The molecular formula is C25H23F3N2O5S. The van der Waals surface area contributed by atoms with Crippen molar-refractivity contribution in [3.05, 3.63) is 77.9 Å². The zero-order valence-corrected chi connectivity index (χ0v) is 19.9. The molecule has 0 aromatic heterocycles. The Hall–Kier alpha value is -3.12. The number of nitrogens with zero attached hydrogens (tertiary/aromatic N) is 1. The van der Waals surface area contributed by atoms with Gasteiger partial charge in [-0.15, -0.1) is 0 Å². The summed E-state index contributed by atoms with van der Waals surface area (Å²) in [6, 6.07) is 14.1. The first kappa shape index (κ1) is 24.6. The van der Waals surface area contributed by atoms with E-state index in [0.29, 0.717) is 11.4 Å². The number of hydrogen-bond donors (Lipinski definition) is 2. The number of ether oxygens (including phenoxy) is 2. The molecule has 3 atom stereocenters. The van der Waals surface area contributed by atoms with Gasteiger partial charge in [-0.05, 0) is 49.4 Å². The molecule has 0 saturated carbocycles. The van der Waals surface area contributed by atoms with E-state index in [4.69, 9.17) is 9.47 Å². The SMILES string of the molecule is Cc1ccc(S(=O)(=O)N[C@@H]2COC[C@H](N3c4ccccc4Oc4ccc(C(F)(F)F)cc43)[C@H]2O)cc1. The van der Waals surface area contributed by atoms with Gasteiger partial charge in [0.25, 0.3) is 0 Å². The van der Waals surface area contributed by atoms with Crippen molar-refractivity contribution in [3.63, 3.8) is 0 Å². The highest BCUT2D eigenvalue weighted by molar-refractivity contribution is 7.89. The number of benzene rings is 3. The first-order chi connectivity index (χ1) is 17.0. The van der Waals surface area contributed by atoms with Crippen molar-refractivity contribution in [1.82, 2.24) is 4.72 Å². The van der Waals surface area contributed by atoms with E-state index in [-0.39, 0.29) is 29.5 Å². The molecule has 0 unspecified atom stereocenters. The molecule has 1 fully saturated rings. The van der Waals surface area contributed by atoms with Gasteiger partial charge in [-0.25, -0.2) is 13.1 Å². The lowest BCUT2D eigenvalue weighted by Crippen LogP contribution is -2.60. The van der Waals surface area contributed by atoms with E-state index in [9.17, 15) is 26.7 Å². The number of fused-ring (bicyclic) bond motifs is 2. The van der Waals surface area contributed by atoms with Gasteiger partial charge in [-0.3, -0.25) is 0 Å². The molecule has 2 heterocycles. The van der Waals surface area contributed by atoms with Crippen molar-refractivity contribution in [2.75, 3.05) is 18.1 Å². The molecule has 0 spiro atoms.